The van der Waals surface area contributed by atoms with Gasteiger partial charge in [-0.1, -0.05) is 13.3 Å². The number of hydrogen-bond donors (Lipinski definition) is 1. The number of hydrogen-bond acceptors (Lipinski definition) is 3. The van der Waals surface area contributed by atoms with Gasteiger partial charge in [-0.05, 0) is 6.42 Å². The molecule has 0 fully saturated rings. The molecule has 4 nitrogen and oxygen atoms in total. The van der Waals surface area contributed by atoms with Crippen LogP contribution in [-0.4, -0.2) is 24.9 Å². The maximum atomic E-state index is 11.6. The molecule has 0 heterocycles. The third kappa shape index (κ3) is 7.61. The number of halogens is 3. The molecule has 0 rings (SSSR count). The van der Waals surface area contributed by atoms with Gasteiger partial charge in [0, 0.05) is 0 Å². The minimum Gasteiger partial charge on any atom is -0.440 e. The summed E-state index contributed by atoms with van der Waals surface area (Å²) in [6.45, 7) is 0.135. The van der Waals surface area contributed by atoms with E-state index < -0.39 is 24.9 Å². The number of alkyl carbamates (subject to hydrolysis) is 1. The van der Waals surface area contributed by atoms with Gasteiger partial charge in [-0.2, -0.15) is 18.4 Å². The number of nitrogens with one attached hydrogen (secondary N) is 1. The van der Waals surface area contributed by atoms with E-state index in [0.717, 1.165) is 0 Å². The van der Waals surface area contributed by atoms with E-state index in [0.29, 0.717) is 12.8 Å². The van der Waals surface area contributed by atoms with Crippen LogP contribution < -0.4 is 5.32 Å². The van der Waals surface area contributed by atoms with Crippen LogP contribution >= 0.6 is 0 Å². The van der Waals surface area contributed by atoms with Crippen molar-refractivity contribution in [1.29, 1.82) is 5.26 Å². The van der Waals surface area contributed by atoms with E-state index in [1.807, 2.05) is 5.32 Å². The summed E-state index contributed by atoms with van der Waals surface area (Å²) in [7, 11) is 0. The average molecular weight is 224 g/mol. The summed E-state index contributed by atoms with van der Waals surface area (Å²) in [5.74, 6) is 0. The third-order valence-corrected chi connectivity index (χ3v) is 1.39. The molecule has 0 saturated heterocycles. The molecule has 0 bridgehead atoms. The molecule has 0 aromatic carbocycles. The quantitative estimate of drug-likeness (QED) is 0.794. The van der Waals surface area contributed by atoms with Crippen molar-refractivity contribution in [2.45, 2.75) is 32.0 Å². The van der Waals surface area contributed by atoms with Crippen LogP contribution in [0.3, 0.4) is 0 Å². The Morgan fingerprint density at radius 3 is 2.60 bits per heavy atom. The number of nitriles is 1. The zero-order valence-corrected chi connectivity index (χ0v) is 8.10. The molecule has 0 aliphatic carbocycles. The highest BCUT2D eigenvalue weighted by molar-refractivity contribution is 5.68. The highest BCUT2D eigenvalue weighted by Gasteiger charge is 2.29. The zero-order chi connectivity index (χ0) is 11.9. The van der Waals surface area contributed by atoms with Crippen molar-refractivity contribution in [2.75, 3.05) is 6.61 Å². The number of carbonyl (C=O) groups is 1. The molecule has 15 heavy (non-hydrogen) atoms. The fraction of sp³-hybridized carbons (Fsp3) is 0.750. The summed E-state index contributed by atoms with van der Waals surface area (Å²) in [6, 6.07) is 0.928. The predicted octanol–water partition coefficient (Wildman–Crippen LogP) is 1.97. The molecule has 0 aromatic heterocycles. The van der Waals surface area contributed by atoms with Crippen LogP contribution in [0.25, 0.3) is 0 Å². The second kappa shape index (κ2) is 6.11. The molecule has 1 unspecified atom stereocenters. The number of rotatable bonds is 4. The monoisotopic (exact) mass is 224 g/mol. The first-order chi connectivity index (χ1) is 6.89. The van der Waals surface area contributed by atoms with E-state index in [9.17, 15) is 18.0 Å². The molecule has 86 valence electrons. The lowest BCUT2D eigenvalue weighted by Crippen LogP contribution is -2.36. The van der Waals surface area contributed by atoms with Crippen LogP contribution in [0, 0.1) is 11.3 Å². The zero-order valence-electron chi connectivity index (χ0n) is 8.10. The first-order valence-electron chi connectivity index (χ1n) is 4.28. The van der Waals surface area contributed by atoms with Crippen molar-refractivity contribution in [3.05, 3.63) is 0 Å². The molecule has 1 amide bonds. The second-order valence-corrected chi connectivity index (χ2v) is 2.81. The smallest absolute Gasteiger partial charge is 0.422 e. The Labute approximate surface area is 85.0 Å². The number of carbonyl (C=O) groups excluding carboxylic acids is 1. The lowest BCUT2D eigenvalue weighted by Gasteiger charge is -2.11. The average Bonchev–Trinajstić information content (AvgIpc) is 2.13. The number of ether oxygens (including phenoxy) is 1. The van der Waals surface area contributed by atoms with E-state index >= 15 is 0 Å². The molecule has 0 aliphatic rings. The van der Waals surface area contributed by atoms with Crippen molar-refractivity contribution < 1.29 is 22.7 Å². The fourth-order valence-electron chi connectivity index (χ4n) is 0.789. The highest BCUT2D eigenvalue weighted by atomic mass is 19.4. The Hall–Kier alpha value is -1.45. The Morgan fingerprint density at radius 1 is 1.60 bits per heavy atom. The minimum absolute atomic E-state index is 0.373. The van der Waals surface area contributed by atoms with Crippen LogP contribution in [-0.2, 0) is 4.74 Å². The number of amides is 1. The van der Waals surface area contributed by atoms with Crippen molar-refractivity contribution >= 4 is 6.09 Å². The highest BCUT2D eigenvalue weighted by Crippen LogP contribution is 2.14. The molecule has 1 N–H and O–H groups in total. The van der Waals surface area contributed by atoms with Gasteiger partial charge in [0.25, 0.3) is 0 Å². The van der Waals surface area contributed by atoms with Crippen LogP contribution in [0.15, 0.2) is 0 Å². The number of alkyl halides is 3. The van der Waals surface area contributed by atoms with Crippen LogP contribution in [0.1, 0.15) is 19.8 Å². The Bertz CT molecular complexity index is 247. The molecule has 0 aromatic rings. The largest absolute Gasteiger partial charge is 0.440 e. The maximum Gasteiger partial charge on any atom is 0.422 e. The summed E-state index contributed by atoms with van der Waals surface area (Å²) < 4.78 is 38.7. The van der Waals surface area contributed by atoms with Gasteiger partial charge < -0.3 is 10.1 Å². The topological polar surface area (TPSA) is 62.1 Å². The Morgan fingerprint density at radius 2 is 2.20 bits per heavy atom. The van der Waals surface area contributed by atoms with E-state index in [-0.39, 0.29) is 0 Å². The molecule has 1 atom stereocenters. The SMILES string of the molecule is CCCC(C#N)NC(=O)OCC(F)(F)F. The molecule has 0 aliphatic heterocycles. The first-order valence-corrected chi connectivity index (χ1v) is 4.28. The van der Waals surface area contributed by atoms with Gasteiger partial charge in [0.15, 0.2) is 6.61 Å². The van der Waals surface area contributed by atoms with Gasteiger partial charge in [0.2, 0.25) is 0 Å². The number of nitrogens with zero attached hydrogens (tertiary/aromatic N) is 1. The van der Waals surface area contributed by atoms with E-state index in [4.69, 9.17) is 5.26 Å². The summed E-state index contributed by atoms with van der Waals surface area (Å²) in [4.78, 5) is 10.7. The van der Waals surface area contributed by atoms with Gasteiger partial charge in [-0.25, -0.2) is 4.79 Å². The van der Waals surface area contributed by atoms with E-state index in [2.05, 4.69) is 4.74 Å². The summed E-state index contributed by atoms with van der Waals surface area (Å²) in [5.41, 5.74) is 0. The fourth-order valence-corrected chi connectivity index (χ4v) is 0.789. The van der Waals surface area contributed by atoms with Crippen molar-refractivity contribution in [2.24, 2.45) is 0 Å². The Balaban J connectivity index is 3.88. The lowest BCUT2D eigenvalue weighted by atomic mass is 10.2. The molecule has 0 spiro atoms. The second-order valence-electron chi connectivity index (χ2n) is 2.81. The first kappa shape index (κ1) is 13.5. The standard InChI is InChI=1S/C8H11F3N2O2/c1-2-3-6(4-12)13-7(14)15-5-8(9,10)11/h6H,2-3,5H2,1H3,(H,13,14). The lowest BCUT2D eigenvalue weighted by molar-refractivity contribution is -0.160. The van der Waals surface area contributed by atoms with E-state index in [1.165, 1.54) is 0 Å². The van der Waals surface area contributed by atoms with Gasteiger partial charge in [0.1, 0.15) is 6.04 Å². The van der Waals surface area contributed by atoms with Gasteiger partial charge >= 0.3 is 12.3 Å². The molecular weight excluding hydrogens is 213 g/mol. The van der Waals surface area contributed by atoms with Crippen molar-refractivity contribution in [3.8, 4) is 6.07 Å². The Kier molecular flexibility index (Phi) is 5.52. The maximum absolute atomic E-state index is 11.6. The minimum atomic E-state index is -4.55. The van der Waals surface area contributed by atoms with Gasteiger partial charge in [-0.15, -0.1) is 0 Å². The molecule has 7 heteroatoms. The molecule has 0 saturated carbocycles. The van der Waals surface area contributed by atoms with E-state index in [1.54, 1.807) is 13.0 Å². The van der Waals surface area contributed by atoms with Crippen LogP contribution in [0.2, 0.25) is 0 Å². The summed E-state index contributed by atoms with van der Waals surface area (Å²) in [6.07, 6.45) is -4.77. The van der Waals surface area contributed by atoms with Crippen LogP contribution in [0.5, 0.6) is 0 Å². The molecule has 0 radical (unpaired) electrons. The molecular formula is C8H11F3N2O2. The third-order valence-electron chi connectivity index (χ3n) is 1.39. The van der Waals surface area contributed by atoms with Crippen LogP contribution in [0.4, 0.5) is 18.0 Å². The normalized spacial score (nSPS) is 12.7. The summed E-state index contributed by atoms with van der Waals surface area (Å²) in [5, 5.41) is 10.5. The summed E-state index contributed by atoms with van der Waals surface area (Å²) >= 11 is 0. The van der Waals surface area contributed by atoms with Gasteiger partial charge in [0.05, 0.1) is 6.07 Å². The predicted molar refractivity (Wildman–Crippen MR) is 44.8 cm³/mol. The van der Waals surface area contributed by atoms with Crippen molar-refractivity contribution in [1.82, 2.24) is 5.32 Å². The van der Waals surface area contributed by atoms with Crippen molar-refractivity contribution in [3.63, 3.8) is 0 Å². The van der Waals surface area contributed by atoms with Gasteiger partial charge in [-0.3, -0.25) is 0 Å².